The third kappa shape index (κ3) is 2.92. The minimum Gasteiger partial charge on any atom is -0.334 e. The number of sulfone groups is 1. The lowest BCUT2D eigenvalue weighted by molar-refractivity contribution is 0.432. The predicted octanol–water partition coefficient (Wildman–Crippen LogP) is 3.12. The van der Waals surface area contributed by atoms with E-state index in [1.54, 1.807) is 12.1 Å². The third-order valence-electron chi connectivity index (χ3n) is 3.27. The van der Waals surface area contributed by atoms with Crippen LogP contribution < -0.4 is 0 Å². The number of aromatic nitrogens is 2. The summed E-state index contributed by atoms with van der Waals surface area (Å²) in [4.78, 5) is 4.61. The van der Waals surface area contributed by atoms with Gasteiger partial charge in [0.2, 0.25) is 5.82 Å². The first kappa shape index (κ1) is 14.5. The van der Waals surface area contributed by atoms with E-state index in [1.165, 1.54) is 18.4 Å². The van der Waals surface area contributed by atoms with Gasteiger partial charge < -0.3 is 4.52 Å². The van der Waals surface area contributed by atoms with Crippen molar-refractivity contribution in [3.63, 3.8) is 0 Å². The normalized spacial score (nSPS) is 11.5. The largest absolute Gasteiger partial charge is 0.334 e. The summed E-state index contributed by atoms with van der Waals surface area (Å²) >= 11 is 0. The highest BCUT2D eigenvalue weighted by Crippen LogP contribution is 2.23. The highest BCUT2D eigenvalue weighted by Gasteiger charge is 2.12. The lowest BCUT2D eigenvalue weighted by Crippen LogP contribution is -1.96. The first-order valence-electron chi connectivity index (χ1n) is 6.65. The Morgan fingerprint density at radius 3 is 2.09 bits per heavy atom. The van der Waals surface area contributed by atoms with Gasteiger partial charge in [0.15, 0.2) is 9.84 Å². The molecule has 0 fully saturated rings. The minimum atomic E-state index is -3.21. The molecule has 22 heavy (non-hydrogen) atoms. The molecular weight excluding hydrogens is 300 g/mol. The molecule has 0 aliphatic carbocycles. The molecule has 0 spiro atoms. The molecule has 0 saturated carbocycles. The summed E-state index contributed by atoms with van der Waals surface area (Å²) in [5.74, 6) is 0.859. The molecule has 1 aromatic heterocycles. The van der Waals surface area contributed by atoms with Crippen molar-refractivity contribution in [3.8, 4) is 22.8 Å². The van der Waals surface area contributed by atoms with Gasteiger partial charge in [0.05, 0.1) is 4.90 Å². The van der Waals surface area contributed by atoms with Gasteiger partial charge >= 0.3 is 0 Å². The zero-order valence-electron chi connectivity index (χ0n) is 12.1. The van der Waals surface area contributed by atoms with E-state index < -0.39 is 9.84 Å². The first-order valence-corrected chi connectivity index (χ1v) is 8.54. The van der Waals surface area contributed by atoms with Crippen LogP contribution in [0.15, 0.2) is 57.9 Å². The summed E-state index contributed by atoms with van der Waals surface area (Å²) in [7, 11) is -3.21. The van der Waals surface area contributed by atoms with Gasteiger partial charge in [-0.3, -0.25) is 0 Å². The average Bonchev–Trinajstić information content (AvgIpc) is 2.97. The van der Waals surface area contributed by atoms with Crippen molar-refractivity contribution in [2.75, 3.05) is 6.26 Å². The topological polar surface area (TPSA) is 73.1 Å². The van der Waals surface area contributed by atoms with Crippen LogP contribution in [0.4, 0.5) is 0 Å². The summed E-state index contributed by atoms with van der Waals surface area (Å²) < 4.78 is 28.2. The van der Waals surface area contributed by atoms with Gasteiger partial charge in [-0.1, -0.05) is 22.9 Å². The number of hydrogen-bond acceptors (Lipinski definition) is 5. The summed E-state index contributed by atoms with van der Waals surface area (Å²) in [5.41, 5.74) is 2.70. The minimum absolute atomic E-state index is 0.263. The molecule has 0 aliphatic heterocycles. The lowest BCUT2D eigenvalue weighted by Gasteiger charge is -1.98. The van der Waals surface area contributed by atoms with Gasteiger partial charge in [-0.05, 0) is 43.3 Å². The van der Waals surface area contributed by atoms with E-state index >= 15 is 0 Å². The van der Waals surface area contributed by atoms with E-state index in [2.05, 4.69) is 10.1 Å². The molecule has 0 bridgehead atoms. The molecule has 5 nitrogen and oxygen atoms in total. The lowest BCUT2D eigenvalue weighted by atomic mass is 10.1. The zero-order chi connectivity index (χ0) is 15.7. The Bertz CT molecular complexity index is 895. The van der Waals surface area contributed by atoms with Crippen LogP contribution in [-0.4, -0.2) is 24.8 Å². The van der Waals surface area contributed by atoms with Crippen LogP contribution in [0.3, 0.4) is 0 Å². The predicted molar refractivity (Wildman–Crippen MR) is 83.0 cm³/mol. The Labute approximate surface area is 128 Å². The fourth-order valence-corrected chi connectivity index (χ4v) is 2.64. The maximum Gasteiger partial charge on any atom is 0.258 e. The molecular formula is C16H14N2O3S. The van der Waals surface area contributed by atoms with E-state index in [0.717, 1.165) is 11.1 Å². The van der Waals surface area contributed by atoms with Crippen LogP contribution in [0.1, 0.15) is 5.56 Å². The number of rotatable bonds is 3. The molecule has 112 valence electrons. The van der Waals surface area contributed by atoms with Gasteiger partial charge in [0.1, 0.15) is 0 Å². The number of nitrogens with zero attached hydrogens (tertiary/aromatic N) is 2. The average molecular weight is 314 g/mol. The van der Waals surface area contributed by atoms with Gasteiger partial charge in [0, 0.05) is 17.4 Å². The molecule has 0 amide bonds. The summed E-state index contributed by atoms with van der Waals surface area (Å²) in [5, 5.41) is 3.94. The third-order valence-corrected chi connectivity index (χ3v) is 4.39. The number of hydrogen-bond donors (Lipinski definition) is 0. The molecule has 0 aliphatic rings. The quantitative estimate of drug-likeness (QED) is 0.742. The second-order valence-corrected chi connectivity index (χ2v) is 7.10. The van der Waals surface area contributed by atoms with Crippen LogP contribution in [-0.2, 0) is 9.84 Å². The Morgan fingerprint density at radius 2 is 1.50 bits per heavy atom. The molecule has 0 unspecified atom stereocenters. The Hall–Kier alpha value is -2.47. The monoisotopic (exact) mass is 314 g/mol. The van der Waals surface area contributed by atoms with E-state index in [0.29, 0.717) is 17.3 Å². The summed E-state index contributed by atoms with van der Waals surface area (Å²) in [6.07, 6.45) is 1.17. The molecule has 1 heterocycles. The number of benzene rings is 2. The SMILES string of the molecule is Cc1ccc(-c2nc(-c3ccc(S(C)(=O)=O)cc3)no2)cc1. The van der Waals surface area contributed by atoms with Crippen molar-refractivity contribution in [2.45, 2.75) is 11.8 Å². The van der Waals surface area contributed by atoms with Gasteiger partial charge in [0.25, 0.3) is 5.89 Å². The summed E-state index contributed by atoms with van der Waals surface area (Å²) in [6, 6.07) is 14.2. The number of aryl methyl sites for hydroxylation is 1. The van der Waals surface area contributed by atoms with Crippen molar-refractivity contribution in [1.82, 2.24) is 10.1 Å². The van der Waals surface area contributed by atoms with Crippen LogP contribution in [0.25, 0.3) is 22.8 Å². The van der Waals surface area contributed by atoms with Crippen molar-refractivity contribution in [3.05, 3.63) is 54.1 Å². The highest BCUT2D eigenvalue weighted by molar-refractivity contribution is 7.90. The molecule has 3 rings (SSSR count). The molecule has 6 heteroatoms. The van der Waals surface area contributed by atoms with Crippen LogP contribution >= 0.6 is 0 Å². The molecule has 0 radical (unpaired) electrons. The van der Waals surface area contributed by atoms with E-state index in [1.807, 2.05) is 31.2 Å². The van der Waals surface area contributed by atoms with Crippen molar-refractivity contribution in [2.24, 2.45) is 0 Å². The standard InChI is InChI=1S/C16H14N2O3S/c1-11-3-5-13(6-4-11)16-17-15(18-21-16)12-7-9-14(10-8-12)22(2,19)20/h3-10H,1-2H3. The van der Waals surface area contributed by atoms with Crippen LogP contribution in [0.5, 0.6) is 0 Å². The molecule has 0 N–H and O–H groups in total. The highest BCUT2D eigenvalue weighted by atomic mass is 32.2. The molecule has 0 saturated heterocycles. The van der Waals surface area contributed by atoms with Gasteiger partial charge in [-0.15, -0.1) is 0 Å². The van der Waals surface area contributed by atoms with E-state index in [-0.39, 0.29) is 4.90 Å². The van der Waals surface area contributed by atoms with Crippen molar-refractivity contribution >= 4 is 9.84 Å². The molecule has 0 atom stereocenters. The van der Waals surface area contributed by atoms with Crippen LogP contribution in [0, 0.1) is 6.92 Å². The fourth-order valence-electron chi connectivity index (χ4n) is 2.01. The second kappa shape index (κ2) is 5.38. The van der Waals surface area contributed by atoms with Crippen molar-refractivity contribution in [1.29, 1.82) is 0 Å². The van der Waals surface area contributed by atoms with Crippen molar-refractivity contribution < 1.29 is 12.9 Å². The first-order chi connectivity index (χ1) is 10.4. The smallest absolute Gasteiger partial charge is 0.258 e. The second-order valence-electron chi connectivity index (χ2n) is 5.09. The molecule has 3 aromatic rings. The molecule has 2 aromatic carbocycles. The van der Waals surface area contributed by atoms with E-state index in [9.17, 15) is 8.42 Å². The Morgan fingerprint density at radius 1 is 0.909 bits per heavy atom. The summed E-state index contributed by atoms with van der Waals surface area (Å²) in [6.45, 7) is 2.01. The fraction of sp³-hybridized carbons (Fsp3) is 0.125. The zero-order valence-corrected chi connectivity index (χ0v) is 13.0. The Kier molecular flexibility index (Phi) is 3.54. The van der Waals surface area contributed by atoms with Crippen LogP contribution in [0.2, 0.25) is 0 Å². The van der Waals surface area contributed by atoms with Gasteiger partial charge in [-0.25, -0.2) is 8.42 Å². The maximum absolute atomic E-state index is 11.4. The van der Waals surface area contributed by atoms with Gasteiger partial charge in [-0.2, -0.15) is 4.98 Å². The maximum atomic E-state index is 11.4. The van der Waals surface area contributed by atoms with E-state index in [4.69, 9.17) is 4.52 Å². The Balaban J connectivity index is 1.92.